The van der Waals surface area contributed by atoms with Gasteiger partial charge in [0.2, 0.25) is 0 Å². The van der Waals surface area contributed by atoms with Gasteiger partial charge in [0.15, 0.2) is 0 Å². The minimum Gasteiger partial charge on any atom is -0.464 e. The molecule has 3 nitrogen and oxygen atoms in total. The average Bonchev–Trinajstić information content (AvgIpc) is 2.70. The zero-order valence-corrected chi connectivity index (χ0v) is 9.19. The fourth-order valence-corrected chi connectivity index (χ4v) is 2.54. The zero-order chi connectivity index (χ0) is 11.1. The number of para-hydroxylation sites is 1. The predicted molar refractivity (Wildman–Crippen MR) is 61.6 cm³/mol. The summed E-state index contributed by atoms with van der Waals surface area (Å²) in [7, 11) is 1.43. The van der Waals surface area contributed by atoms with Crippen molar-refractivity contribution >= 4 is 16.9 Å². The molecule has 0 spiro atoms. The molecule has 0 radical (unpaired) electrons. The van der Waals surface area contributed by atoms with E-state index >= 15 is 0 Å². The molecule has 0 fully saturated rings. The van der Waals surface area contributed by atoms with Crippen molar-refractivity contribution in [3.63, 3.8) is 0 Å². The number of methoxy groups -OCH3 is 1. The van der Waals surface area contributed by atoms with E-state index in [4.69, 9.17) is 4.74 Å². The lowest BCUT2D eigenvalue weighted by Gasteiger charge is -2.17. The molecule has 0 N–H and O–H groups in total. The molecular weight excluding hydrogens is 202 g/mol. The smallest absolute Gasteiger partial charge is 0.354 e. The molecule has 16 heavy (non-hydrogen) atoms. The van der Waals surface area contributed by atoms with Crippen molar-refractivity contribution in [1.82, 2.24) is 4.57 Å². The minimum atomic E-state index is -0.246. The van der Waals surface area contributed by atoms with Gasteiger partial charge in [0.25, 0.3) is 0 Å². The summed E-state index contributed by atoms with van der Waals surface area (Å²) < 4.78 is 6.90. The highest BCUT2D eigenvalue weighted by molar-refractivity contribution is 5.96. The van der Waals surface area contributed by atoms with Gasteiger partial charge in [0, 0.05) is 11.9 Å². The van der Waals surface area contributed by atoms with E-state index in [9.17, 15) is 4.79 Å². The highest BCUT2D eigenvalue weighted by atomic mass is 16.5. The monoisotopic (exact) mass is 215 g/mol. The van der Waals surface area contributed by atoms with Crippen molar-refractivity contribution < 1.29 is 9.53 Å². The molecule has 3 rings (SSSR count). The molecule has 82 valence electrons. The molecule has 0 saturated heterocycles. The van der Waals surface area contributed by atoms with E-state index in [0.29, 0.717) is 5.69 Å². The normalized spacial score (nSPS) is 14.1. The second-order valence-electron chi connectivity index (χ2n) is 4.13. The summed E-state index contributed by atoms with van der Waals surface area (Å²) in [5, 5.41) is 1.14. The van der Waals surface area contributed by atoms with Gasteiger partial charge in [-0.25, -0.2) is 4.79 Å². The Bertz CT molecular complexity index is 569. The predicted octanol–water partition coefficient (Wildman–Crippen LogP) is 2.37. The number of rotatable bonds is 1. The molecule has 1 aromatic carbocycles. The van der Waals surface area contributed by atoms with Crippen molar-refractivity contribution in [3.05, 3.63) is 35.5 Å². The summed E-state index contributed by atoms with van der Waals surface area (Å²) in [5.74, 6) is -0.246. The van der Waals surface area contributed by atoms with Crippen LogP contribution in [0.25, 0.3) is 10.9 Å². The van der Waals surface area contributed by atoms with Crippen molar-refractivity contribution in [3.8, 4) is 0 Å². The van der Waals surface area contributed by atoms with E-state index in [2.05, 4.69) is 10.6 Å². The number of ether oxygens (including phenoxy) is 1. The third kappa shape index (κ3) is 1.18. The number of hydrogen-bond acceptors (Lipinski definition) is 2. The summed E-state index contributed by atoms with van der Waals surface area (Å²) in [5.41, 5.74) is 3.21. The van der Waals surface area contributed by atoms with Crippen LogP contribution in [0.1, 0.15) is 22.5 Å². The summed E-state index contributed by atoms with van der Waals surface area (Å²) in [6.45, 7) is 0.908. The van der Waals surface area contributed by atoms with Gasteiger partial charge < -0.3 is 9.30 Å². The number of benzene rings is 1. The third-order valence-electron chi connectivity index (χ3n) is 3.23. The van der Waals surface area contributed by atoms with Crippen LogP contribution in [0, 0.1) is 0 Å². The summed E-state index contributed by atoms with van der Waals surface area (Å²) in [6.07, 6.45) is 2.19. The molecule has 1 aliphatic rings. The van der Waals surface area contributed by atoms with Crippen LogP contribution in [0.2, 0.25) is 0 Å². The lowest BCUT2D eigenvalue weighted by molar-refractivity contribution is 0.0588. The standard InChI is InChI=1S/C13H13NO2/c1-16-13(15)11-8-10-5-2-4-9-6-3-7-14(11)12(9)10/h2,4-5,8H,3,6-7H2,1H3. The Kier molecular flexibility index (Phi) is 1.99. The topological polar surface area (TPSA) is 31.2 Å². The Morgan fingerprint density at radius 3 is 3.12 bits per heavy atom. The van der Waals surface area contributed by atoms with Crippen LogP contribution < -0.4 is 0 Å². The molecule has 1 aliphatic heterocycles. The molecule has 3 heteroatoms. The Morgan fingerprint density at radius 1 is 1.44 bits per heavy atom. The van der Waals surface area contributed by atoms with Crippen LogP contribution in [0.3, 0.4) is 0 Å². The summed E-state index contributed by atoms with van der Waals surface area (Å²) in [4.78, 5) is 11.7. The number of carbonyl (C=O) groups is 1. The van der Waals surface area contributed by atoms with Gasteiger partial charge in [0.05, 0.1) is 12.6 Å². The number of aromatic nitrogens is 1. The summed E-state index contributed by atoms with van der Waals surface area (Å²) >= 11 is 0. The average molecular weight is 215 g/mol. The van der Waals surface area contributed by atoms with Crippen molar-refractivity contribution in [2.45, 2.75) is 19.4 Å². The van der Waals surface area contributed by atoms with Crippen LogP contribution >= 0.6 is 0 Å². The highest BCUT2D eigenvalue weighted by Gasteiger charge is 2.20. The number of aryl methyl sites for hydroxylation is 2. The van der Waals surface area contributed by atoms with E-state index in [-0.39, 0.29) is 5.97 Å². The van der Waals surface area contributed by atoms with E-state index < -0.39 is 0 Å². The van der Waals surface area contributed by atoms with Gasteiger partial charge in [-0.3, -0.25) is 0 Å². The molecule has 2 heterocycles. The Hall–Kier alpha value is -1.77. The van der Waals surface area contributed by atoms with Crippen LogP contribution in [-0.2, 0) is 17.7 Å². The van der Waals surface area contributed by atoms with Gasteiger partial charge in [-0.1, -0.05) is 18.2 Å². The SMILES string of the molecule is COC(=O)c1cc2cccc3c2n1CCC3. The molecule has 2 aromatic rings. The molecule has 0 unspecified atom stereocenters. The van der Waals surface area contributed by atoms with Gasteiger partial charge >= 0.3 is 5.97 Å². The first-order valence-electron chi connectivity index (χ1n) is 5.50. The van der Waals surface area contributed by atoms with E-state index in [1.807, 2.05) is 18.2 Å². The van der Waals surface area contributed by atoms with Gasteiger partial charge in [-0.05, 0) is 24.5 Å². The molecule has 0 amide bonds. The molecule has 0 atom stereocenters. The maximum Gasteiger partial charge on any atom is 0.354 e. The maximum absolute atomic E-state index is 11.7. The molecule has 0 aliphatic carbocycles. The van der Waals surface area contributed by atoms with E-state index in [1.54, 1.807) is 0 Å². The lowest BCUT2D eigenvalue weighted by atomic mass is 10.0. The van der Waals surface area contributed by atoms with Gasteiger partial charge in [-0.15, -0.1) is 0 Å². The van der Waals surface area contributed by atoms with Crippen LogP contribution in [0.15, 0.2) is 24.3 Å². The van der Waals surface area contributed by atoms with Crippen LogP contribution in [-0.4, -0.2) is 17.6 Å². The second kappa shape index (κ2) is 3.37. The maximum atomic E-state index is 11.7. The number of nitrogens with zero attached hydrogens (tertiary/aromatic N) is 1. The summed E-state index contributed by atoms with van der Waals surface area (Å²) in [6, 6.07) is 8.16. The van der Waals surface area contributed by atoms with E-state index in [0.717, 1.165) is 24.8 Å². The van der Waals surface area contributed by atoms with Crippen molar-refractivity contribution in [2.75, 3.05) is 7.11 Å². The zero-order valence-electron chi connectivity index (χ0n) is 9.19. The number of esters is 1. The van der Waals surface area contributed by atoms with Crippen LogP contribution in [0.4, 0.5) is 0 Å². The Labute approximate surface area is 93.6 Å². The minimum absolute atomic E-state index is 0.246. The highest BCUT2D eigenvalue weighted by Crippen LogP contribution is 2.28. The Balaban J connectivity index is 2.33. The number of carbonyl (C=O) groups excluding carboxylic acids is 1. The van der Waals surface area contributed by atoms with Crippen LogP contribution in [0.5, 0.6) is 0 Å². The molecule has 0 saturated carbocycles. The first-order chi connectivity index (χ1) is 7.81. The van der Waals surface area contributed by atoms with E-state index in [1.165, 1.54) is 18.2 Å². The van der Waals surface area contributed by atoms with Crippen molar-refractivity contribution in [2.24, 2.45) is 0 Å². The molecule has 0 bridgehead atoms. The molecular formula is C13H13NO2. The quantitative estimate of drug-likeness (QED) is 0.684. The van der Waals surface area contributed by atoms with Gasteiger partial charge in [0.1, 0.15) is 5.69 Å². The first kappa shape index (κ1) is 9.46. The largest absolute Gasteiger partial charge is 0.464 e. The fourth-order valence-electron chi connectivity index (χ4n) is 2.54. The van der Waals surface area contributed by atoms with Gasteiger partial charge in [-0.2, -0.15) is 0 Å². The fraction of sp³-hybridized carbons (Fsp3) is 0.308. The Morgan fingerprint density at radius 2 is 2.31 bits per heavy atom. The van der Waals surface area contributed by atoms with Crippen molar-refractivity contribution in [1.29, 1.82) is 0 Å². The second-order valence-corrected chi connectivity index (χ2v) is 4.13. The molecule has 1 aromatic heterocycles. The first-order valence-corrected chi connectivity index (χ1v) is 5.50. The third-order valence-corrected chi connectivity index (χ3v) is 3.23. The number of hydrogen-bond donors (Lipinski definition) is 0. The lowest BCUT2D eigenvalue weighted by Crippen LogP contribution is -2.14.